The minimum atomic E-state index is -0.378. The Morgan fingerprint density at radius 1 is 0.647 bits per heavy atom. The van der Waals surface area contributed by atoms with Gasteiger partial charge < -0.3 is 19.3 Å². The minimum absolute atomic E-state index is 0.243. The summed E-state index contributed by atoms with van der Waals surface area (Å²) in [6.45, 7) is 5.10. The molecule has 0 N–H and O–H groups in total. The van der Waals surface area contributed by atoms with Gasteiger partial charge >= 0.3 is 11.9 Å². The number of benzene rings is 2. The molecule has 34 heavy (non-hydrogen) atoms. The van der Waals surface area contributed by atoms with E-state index in [1.165, 1.54) is 0 Å². The second-order valence-corrected chi connectivity index (χ2v) is 8.02. The van der Waals surface area contributed by atoms with Gasteiger partial charge in [-0.3, -0.25) is 19.2 Å². The molecular formula is C26H30N2O6. The predicted octanol–water partition coefficient (Wildman–Crippen LogP) is 3.70. The number of amides is 2. The molecule has 8 heteroatoms. The van der Waals surface area contributed by atoms with Crippen LogP contribution in [0.3, 0.4) is 0 Å². The number of rotatable bonds is 8. The van der Waals surface area contributed by atoms with Crippen LogP contribution < -0.4 is 9.47 Å². The zero-order valence-corrected chi connectivity index (χ0v) is 19.6. The lowest BCUT2D eigenvalue weighted by atomic mass is 10.1. The summed E-state index contributed by atoms with van der Waals surface area (Å²) in [5, 5.41) is 0. The molecule has 1 aliphatic rings. The van der Waals surface area contributed by atoms with Crippen molar-refractivity contribution < 1.29 is 28.7 Å². The molecule has 1 fully saturated rings. The number of para-hydroxylation sites is 2. The minimum Gasteiger partial charge on any atom is -0.426 e. The normalized spacial score (nSPS) is 13.4. The van der Waals surface area contributed by atoms with Crippen molar-refractivity contribution in [3.63, 3.8) is 0 Å². The van der Waals surface area contributed by atoms with Crippen LogP contribution in [-0.4, -0.2) is 59.7 Å². The van der Waals surface area contributed by atoms with E-state index in [4.69, 9.17) is 9.47 Å². The Bertz CT molecular complexity index is 960. The fourth-order valence-corrected chi connectivity index (χ4v) is 3.67. The van der Waals surface area contributed by atoms with Crippen LogP contribution in [0, 0.1) is 0 Å². The molecule has 1 saturated heterocycles. The topological polar surface area (TPSA) is 93.2 Å². The maximum Gasteiger partial charge on any atom is 0.311 e. The first-order valence-corrected chi connectivity index (χ1v) is 11.6. The maximum atomic E-state index is 13.1. The molecule has 0 spiro atoms. The van der Waals surface area contributed by atoms with Gasteiger partial charge in [-0.05, 0) is 37.1 Å². The van der Waals surface area contributed by atoms with Crippen molar-refractivity contribution in [3.8, 4) is 11.5 Å². The molecule has 0 unspecified atom stereocenters. The van der Waals surface area contributed by atoms with Crippen LogP contribution in [0.5, 0.6) is 11.5 Å². The van der Waals surface area contributed by atoms with Gasteiger partial charge in [0.05, 0.1) is 11.1 Å². The van der Waals surface area contributed by atoms with Crippen LogP contribution in [0.1, 0.15) is 60.2 Å². The summed E-state index contributed by atoms with van der Waals surface area (Å²) >= 11 is 0. The van der Waals surface area contributed by atoms with E-state index < -0.39 is 0 Å². The molecule has 0 saturated carbocycles. The van der Waals surface area contributed by atoms with E-state index in [2.05, 4.69) is 0 Å². The number of nitrogens with zero attached hydrogens (tertiary/aromatic N) is 2. The molecule has 0 aliphatic carbocycles. The first-order chi connectivity index (χ1) is 16.4. The quantitative estimate of drug-likeness (QED) is 0.435. The Hall–Kier alpha value is -3.68. The highest BCUT2D eigenvalue weighted by molar-refractivity contribution is 5.99. The Balaban J connectivity index is 1.65. The highest BCUT2D eigenvalue weighted by atomic mass is 16.5. The summed E-state index contributed by atoms with van der Waals surface area (Å²) in [4.78, 5) is 53.4. The molecule has 1 aliphatic heterocycles. The lowest BCUT2D eigenvalue weighted by molar-refractivity contribution is -0.135. The predicted molar refractivity (Wildman–Crippen MR) is 126 cm³/mol. The van der Waals surface area contributed by atoms with Gasteiger partial charge in [0, 0.05) is 39.0 Å². The average Bonchev–Trinajstić information content (AvgIpc) is 2.84. The molecule has 0 radical (unpaired) electrons. The third-order valence-electron chi connectivity index (χ3n) is 5.44. The third kappa shape index (κ3) is 6.21. The monoisotopic (exact) mass is 466 g/mol. The van der Waals surface area contributed by atoms with Gasteiger partial charge in [0.2, 0.25) is 0 Å². The van der Waals surface area contributed by atoms with E-state index >= 15 is 0 Å². The van der Waals surface area contributed by atoms with Crippen LogP contribution >= 0.6 is 0 Å². The zero-order valence-electron chi connectivity index (χ0n) is 19.6. The van der Waals surface area contributed by atoms with Crippen LogP contribution in [0.4, 0.5) is 0 Å². The molecule has 0 atom stereocenters. The highest BCUT2D eigenvalue weighted by Gasteiger charge is 2.28. The Kier molecular flexibility index (Phi) is 8.79. The molecule has 2 aromatic rings. The van der Waals surface area contributed by atoms with Crippen LogP contribution in [0.2, 0.25) is 0 Å². The van der Waals surface area contributed by atoms with Crippen molar-refractivity contribution in [2.45, 2.75) is 39.5 Å². The number of piperazine rings is 1. The van der Waals surface area contributed by atoms with Crippen molar-refractivity contribution in [1.82, 2.24) is 9.80 Å². The lowest BCUT2D eigenvalue weighted by Gasteiger charge is -2.35. The first kappa shape index (κ1) is 25.0. The molecule has 3 rings (SSSR count). The second kappa shape index (κ2) is 12.0. The summed E-state index contributed by atoms with van der Waals surface area (Å²) in [5.41, 5.74) is 0.639. The van der Waals surface area contributed by atoms with Crippen molar-refractivity contribution in [3.05, 3.63) is 59.7 Å². The fourth-order valence-electron chi connectivity index (χ4n) is 3.67. The summed E-state index contributed by atoms with van der Waals surface area (Å²) in [6.07, 6.45) is 1.87. The van der Waals surface area contributed by atoms with E-state index in [0.29, 0.717) is 50.1 Å². The van der Waals surface area contributed by atoms with Crippen molar-refractivity contribution in [2.75, 3.05) is 26.2 Å². The first-order valence-electron chi connectivity index (χ1n) is 11.6. The van der Waals surface area contributed by atoms with Gasteiger partial charge in [0.25, 0.3) is 11.8 Å². The largest absolute Gasteiger partial charge is 0.426 e. The van der Waals surface area contributed by atoms with Crippen molar-refractivity contribution >= 4 is 23.8 Å². The molecule has 8 nitrogen and oxygen atoms in total. The van der Waals surface area contributed by atoms with Gasteiger partial charge in [-0.1, -0.05) is 38.1 Å². The van der Waals surface area contributed by atoms with Crippen molar-refractivity contribution in [2.24, 2.45) is 0 Å². The SMILES string of the molecule is CCCC(=O)Oc1ccccc1C(=O)N1CCN(C(=O)c2ccccc2OC(=O)CCC)CC1. The molecule has 2 aromatic carbocycles. The van der Waals surface area contributed by atoms with Gasteiger partial charge in [0.15, 0.2) is 0 Å². The molecular weight excluding hydrogens is 436 g/mol. The summed E-state index contributed by atoms with van der Waals surface area (Å²) in [7, 11) is 0. The Morgan fingerprint density at radius 2 is 1.00 bits per heavy atom. The molecule has 0 bridgehead atoms. The Morgan fingerprint density at radius 3 is 1.35 bits per heavy atom. The number of carbonyl (C=O) groups excluding carboxylic acids is 4. The van der Waals surface area contributed by atoms with E-state index in [9.17, 15) is 19.2 Å². The van der Waals surface area contributed by atoms with Crippen molar-refractivity contribution in [1.29, 1.82) is 0 Å². The average molecular weight is 467 g/mol. The van der Waals surface area contributed by atoms with Gasteiger partial charge in [-0.25, -0.2) is 0 Å². The molecule has 1 heterocycles. The molecule has 180 valence electrons. The van der Waals surface area contributed by atoms with Gasteiger partial charge in [-0.15, -0.1) is 0 Å². The number of hydrogen-bond acceptors (Lipinski definition) is 6. The Labute approximate surface area is 199 Å². The maximum absolute atomic E-state index is 13.1. The van der Waals surface area contributed by atoms with E-state index in [-0.39, 0.29) is 48.1 Å². The molecule has 0 aromatic heterocycles. The standard InChI is InChI=1S/C26H30N2O6/c1-3-9-23(29)33-21-13-7-5-11-19(21)25(31)27-15-17-28(18-16-27)26(32)20-12-6-8-14-22(20)34-24(30)10-4-2/h5-8,11-14H,3-4,9-10,15-18H2,1-2H3. The lowest BCUT2D eigenvalue weighted by Crippen LogP contribution is -2.50. The third-order valence-corrected chi connectivity index (χ3v) is 5.44. The van der Waals surface area contributed by atoms with Crippen LogP contribution in [-0.2, 0) is 9.59 Å². The zero-order chi connectivity index (χ0) is 24.5. The van der Waals surface area contributed by atoms with Crippen LogP contribution in [0.15, 0.2) is 48.5 Å². The number of hydrogen-bond donors (Lipinski definition) is 0. The number of carbonyl (C=O) groups is 4. The fraction of sp³-hybridized carbons (Fsp3) is 0.385. The summed E-state index contributed by atoms with van der Waals surface area (Å²) < 4.78 is 10.8. The highest BCUT2D eigenvalue weighted by Crippen LogP contribution is 2.24. The van der Waals surface area contributed by atoms with E-state index in [1.54, 1.807) is 58.3 Å². The number of esters is 2. The van der Waals surface area contributed by atoms with Crippen LogP contribution in [0.25, 0.3) is 0 Å². The van der Waals surface area contributed by atoms with Gasteiger partial charge in [-0.2, -0.15) is 0 Å². The summed E-state index contributed by atoms with van der Waals surface area (Å²) in [6, 6.07) is 13.4. The second-order valence-electron chi connectivity index (χ2n) is 8.02. The molecule has 2 amide bonds. The van der Waals surface area contributed by atoms with Gasteiger partial charge in [0.1, 0.15) is 11.5 Å². The van der Waals surface area contributed by atoms with E-state index in [1.807, 2.05) is 13.8 Å². The van der Waals surface area contributed by atoms with E-state index in [0.717, 1.165) is 0 Å². The smallest absolute Gasteiger partial charge is 0.311 e. The summed E-state index contributed by atoms with van der Waals surface area (Å²) in [5.74, 6) is -0.769. The number of ether oxygens (including phenoxy) is 2.